The summed E-state index contributed by atoms with van der Waals surface area (Å²) in [4.78, 5) is 6.54. The Kier molecular flexibility index (Phi) is 3.32. The summed E-state index contributed by atoms with van der Waals surface area (Å²) in [7, 11) is 0. The van der Waals surface area contributed by atoms with E-state index >= 15 is 0 Å². The fourth-order valence-electron chi connectivity index (χ4n) is 2.93. The van der Waals surface area contributed by atoms with Crippen molar-refractivity contribution in [1.82, 2.24) is 15.2 Å². The lowest BCUT2D eigenvalue weighted by Crippen LogP contribution is -2.35. The first kappa shape index (κ1) is 11.5. The van der Waals surface area contributed by atoms with Crippen LogP contribution in [0, 0.1) is 0 Å². The zero-order valence-corrected chi connectivity index (χ0v) is 10.7. The van der Waals surface area contributed by atoms with Crippen LogP contribution >= 0.6 is 11.6 Å². The van der Waals surface area contributed by atoms with Crippen molar-refractivity contribution in [1.29, 1.82) is 0 Å². The average Bonchev–Trinajstić information content (AvgIpc) is 2.65. The summed E-state index contributed by atoms with van der Waals surface area (Å²) in [6, 6.07) is 3.46. The molecule has 0 aliphatic carbocycles. The van der Waals surface area contributed by atoms with Crippen LogP contribution in [0.1, 0.15) is 24.8 Å². The maximum absolute atomic E-state index is 6.16. The number of hydrogen-bond donors (Lipinski definition) is 1. The van der Waals surface area contributed by atoms with Crippen molar-refractivity contribution in [2.75, 3.05) is 13.1 Å². The van der Waals surface area contributed by atoms with Gasteiger partial charge in [-0.15, -0.1) is 0 Å². The third-order valence-corrected chi connectivity index (χ3v) is 4.20. The highest BCUT2D eigenvalue weighted by Gasteiger charge is 2.29. The van der Waals surface area contributed by atoms with E-state index in [1.54, 1.807) is 6.20 Å². The van der Waals surface area contributed by atoms with Crippen LogP contribution in [-0.2, 0) is 6.54 Å². The number of nitrogens with one attached hydrogen (secondary N) is 1. The molecule has 3 nitrogen and oxygen atoms in total. The molecule has 2 aliphatic rings. The summed E-state index contributed by atoms with van der Waals surface area (Å²) in [5, 5.41) is 4.48. The molecule has 4 heteroatoms. The van der Waals surface area contributed by atoms with E-state index in [1.807, 2.05) is 12.3 Å². The molecule has 1 aromatic rings. The van der Waals surface area contributed by atoms with Crippen LogP contribution in [0.2, 0.25) is 5.02 Å². The Balaban J connectivity index is 1.67. The summed E-state index contributed by atoms with van der Waals surface area (Å²) < 4.78 is 0. The maximum Gasteiger partial charge on any atom is 0.0634 e. The van der Waals surface area contributed by atoms with Gasteiger partial charge in [0, 0.05) is 44.1 Å². The number of rotatable bonds is 2. The molecule has 2 fully saturated rings. The van der Waals surface area contributed by atoms with Gasteiger partial charge in [0.25, 0.3) is 0 Å². The van der Waals surface area contributed by atoms with Gasteiger partial charge in [0.05, 0.1) is 5.02 Å². The number of fused-ring (bicyclic) bond motifs is 2. The van der Waals surface area contributed by atoms with Gasteiger partial charge >= 0.3 is 0 Å². The van der Waals surface area contributed by atoms with Crippen molar-refractivity contribution in [3.63, 3.8) is 0 Å². The van der Waals surface area contributed by atoms with Crippen LogP contribution < -0.4 is 5.32 Å². The molecule has 2 saturated heterocycles. The highest BCUT2D eigenvalue weighted by atomic mass is 35.5. The third-order valence-electron chi connectivity index (χ3n) is 3.86. The van der Waals surface area contributed by atoms with Crippen molar-refractivity contribution >= 4 is 11.6 Å². The van der Waals surface area contributed by atoms with E-state index in [1.165, 1.54) is 31.4 Å². The predicted molar refractivity (Wildman–Crippen MR) is 69.1 cm³/mol. The van der Waals surface area contributed by atoms with Gasteiger partial charge in [0.15, 0.2) is 0 Å². The fourth-order valence-corrected chi connectivity index (χ4v) is 3.11. The van der Waals surface area contributed by atoms with E-state index in [0.717, 1.165) is 24.2 Å². The Morgan fingerprint density at radius 1 is 1.35 bits per heavy atom. The van der Waals surface area contributed by atoms with Crippen LogP contribution in [0.4, 0.5) is 0 Å². The summed E-state index contributed by atoms with van der Waals surface area (Å²) in [5.41, 5.74) is 1.19. The molecule has 0 spiro atoms. The first-order chi connectivity index (χ1) is 8.31. The second kappa shape index (κ2) is 4.92. The molecule has 2 atom stereocenters. The number of likely N-dealkylation sites (tertiary alicyclic amines) is 1. The van der Waals surface area contributed by atoms with Gasteiger partial charge in [0.2, 0.25) is 0 Å². The van der Waals surface area contributed by atoms with Crippen molar-refractivity contribution in [2.24, 2.45) is 0 Å². The van der Waals surface area contributed by atoms with E-state index in [9.17, 15) is 0 Å². The lowest BCUT2D eigenvalue weighted by Gasteiger charge is -2.24. The molecule has 0 saturated carbocycles. The molecule has 1 aromatic heterocycles. The number of pyridine rings is 1. The second-order valence-corrected chi connectivity index (χ2v) is 5.54. The molecular formula is C13H18ClN3. The van der Waals surface area contributed by atoms with Crippen LogP contribution in [0.25, 0.3) is 0 Å². The van der Waals surface area contributed by atoms with E-state index in [-0.39, 0.29) is 0 Å². The number of halogens is 1. The minimum absolute atomic E-state index is 0.683. The zero-order chi connectivity index (χ0) is 11.7. The van der Waals surface area contributed by atoms with E-state index in [2.05, 4.69) is 15.2 Å². The summed E-state index contributed by atoms with van der Waals surface area (Å²) in [6.07, 6.45) is 7.50. The van der Waals surface area contributed by atoms with Gasteiger partial charge in [-0.25, -0.2) is 0 Å². The minimum atomic E-state index is 0.683. The highest BCUT2D eigenvalue weighted by Crippen LogP contribution is 2.23. The van der Waals surface area contributed by atoms with E-state index in [0.29, 0.717) is 6.04 Å². The van der Waals surface area contributed by atoms with Gasteiger partial charge in [-0.2, -0.15) is 0 Å². The van der Waals surface area contributed by atoms with Crippen molar-refractivity contribution < 1.29 is 0 Å². The van der Waals surface area contributed by atoms with Crippen LogP contribution in [0.5, 0.6) is 0 Å². The van der Waals surface area contributed by atoms with Gasteiger partial charge in [-0.1, -0.05) is 11.6 Å². The predicted octanol–water partition coefficient (Wildman–Crippen LogP) is 2.06. The molecule has 2 unspecified atom stereocenters. The fraction of sp³-hybridized carbons (Fsp3) is 0.615. The summed E-state index contributed by atoms with van der Waals surface area (Å²) in [5.74, 6) is 0. The Bertz CT molecular complexity index is 396. The maximum atomic E-state index is 6.16. The average molecular weight is 252 g/mol. The normalized spacial score (nSPS) is 29.2. The smallest absolute Gasteiger partial charge is 0.0634 e. The number of aromatic nitrogens is 1. The van der Waals surface area contributed by atoms with Gasteiger partial charge in [-0.05, 0) is 30.9 Å². The summed E-state index contributed by atoms with van der Waals surface area (Å²) >= 11 is 6.16. The van der Waals surface area contributed by atoms with Gasteiger partial charge < -0.3 is 5.32 Å². The quantitative estimate of drug-likeness (QED) is 0.872. The van der Waals surface area contributed by atoms with E-state index < -0.39 is 0 Å². The van der Waals surface area contributed by atoms with Gasteiger partial charge in [-0.3, -0.25) is 9.88 Å². The van der Waals surface area contributed by atoms with Crippen LogP contribution in [0.15, 0.2) is 18.5 Å². The molecule has 92 valence electrons. The Hall–Kier alpha value is -0.640. The zero-order valence-electron chi connectivity index (χ0n) is 9.90. The number of nitrogens with zero attached hydrogens (tertiary/aromatic N) is 2. The minimum Gasteiger partial charge on any atom is -0.310 e. The monoisotopic (exact) mass is 251 g/mol. The highest BCUT2D eigenvalue weighted by molar-refractivity contribution is 6.31. The lowest BCUT2D eigenvalue weighted by molar-refractivity contribution is 0.251. The van der Waals surface area contributed by atoms with Crippen molar-refractivity contribution in [3.05, 3.63) is 29.0 Å². The first-order valence-corrected chi connectivity index (χ1v) is 6.76. The first-order valence-electron chi connectivity index (χ1n) is 6.38. The molecular weight excluding hydrogens is 234 g/mol. The van der Waals surface area contributed by atoms with Crippen LogP contribution in [0.3, 0.4) is 0 Å². The molecule has 0 amide bonds. The molecule has 1 N–H and O–H groups in total. The Labute approximate surface area is 107 Å². The lowest BCUT2D eigenvalue weighted by atomic mass is 10.1. The SMILES string of the molecule is Clc1cnccc1CN1CCC2CCC(C1)N2. The van der Waals surface area contributed by atoms with E-state index in [4.69, 9.17) is 11.6 Å². The Morgan fingerprint density at radius 2 is 2.24 bits per heavy atom. The molecule has 0 radical (unpaired) electrons. The Morgan fingerprint density at radius 3 is 3.12 bits per heavy atom. The number of hydrogen-bond acceptors (Lipinski definition) is 3. The largest absolute Gasteiger partial charge is 0.310 e. The van der Waals surface area contributed by atoms with Crippen molar-refractivity contribution in [2.45, 2.75) is 37.9 Å². The van der Waals surface area contributed by atoms with Gasteiger partial charge in [0.1, 0.15) is 0 Å². The van der Waals surface area contributed by atoms with Crippen molar-refractivity contribution in [3.8, 4) is 0 Å². The summed E-state index contributed by atoms with van der Waals surface area (Å²) in [6.45, 7) is 3.27. The molecule has 2 aliphatic heterocycles. The topological polar surface area (TPSA) is 28.2 Å². The molecule has 0 aromatic carbocycles. The standard InChI is InChI=1S/C13H18ClN3/c14-13-7-15-5-3-10(13)8-17-6-4-11-1-2-12(9-17)16-11/h3,5,7,11-12,16H,1-2,4,6,8-9H2. The third kappa shape index (κ3) is 2.62. The molecule has 2 bridgehead atoms. The van der Waals surface area contributed by atoms with Crippen LogP contribution in [-0.4, -0.2) is 35.1 Å². The molecule has 3 rings (SSSR count). The molecule has 17 heavy (non-hydrogen) atoms. The second-order valence-electron chi connectivity index (χ2n) is 5.13. The molecule has 3 heterocycles.